The molecule has 0 fully saturated rings. The van der Waals surface area contributed by atoms with Gasteiger partial charge in [-0.3, -0.25) is 4.79 Å². The molecule has 0 unspecified atom stereocenters. The van der Waals surface area contributed by atoms with Gasteiger partial charge in [-0.15, -0.1) is 0 Å². The number of allylic oxidation sites excluding steroid dienone is 1. The zero-order valence-corrected chi connectivity index (χ0v) is 13.0. The second kappa shape index (κ2) is 7.69. The summed E-state index contributed by atoms with van der Waals surface area (Å²) in [6, 6.07) is 4.98. The molecule has 0 saturated heterocycles. The molecule has 6 heteroatoms. The Labute approximate surface area is 125 Å². The van der Waals surface area contributed by atoms with E-state index in [1.807, 2.05) is 0 Å². The van der Waals surface area contributed by atoms with Crippen molar-refractivity contribution < 1.29 is 23.8 Å². The molecule has 1 aromatic carbocycles. The summed E-state index contributed by atoms with van der Waals surface area (Å²) in [5, 5.41) is 0. The van der Waals surface area contributed by atoms with Crippen LogP contribution in [0.4, 0.5) is 0 Å². The molecular formula is C14H15BrO5. The molecule has 0 amide bonds. The summed E-state index contributed by atoms with van der Waals surface area (Å²) < 4.78 is 15.3. The number of ether oxygens (including phenoxy) is 3. The molecule has 0 heterocycles. The normalized spacial score (nSPS) is 10.9. The second-order valence-corrected chi connectivity index (χ2v) is 4.50. The zero-order chi connectivity index (χ0) is 15.1. The van der Waals surface area contributed by atoms with Crippen molar-refractivity contribution in [2.24, 2.45) is 0 Å². The average Bonchev–Trinajstić information content (AvgIpc) is 2.46. The van der Waals surface area contributed by atoms with Crippen molar-refractivity contribution in [1.82, 2.24) is 0 Å². The molecule has 20 heavy (non-hydrogen) atoms. The van der Waals surface area contributed by atoms with Crippen LogP contribution in [0.15, 0.2) is 34.5 Å². The predicted molar refractivity (Wildman–Crippen MR) is 76.7 cm³/mol. The molecule has 1 rings (SSSR count). The lowest BCUT2D eigenvalue weighted by molar-refractivity contribution is -0.140. The summed E-state index contributed by atoms with van der Waals surface area (Å²) in [5.41, 5.74) is 0.366. The van der Waals surface area contributed by atoms with E-state index in [0.29, 0.717) is 15.8 Å². The van der Waals surface area contributed by atoms with Crippen LogP contribution in [0.5, 0.6) is 5.75 Å². The van der Waals surface area contributed by atoms with Gasteiger partial charge in [0.1, 0.15) is 5.75 Å². The molecule has 0 N–H and O–H groups in total. The van der Waals surface area contributed by atoms with E-state index in [1.165, 1.54) is 14.2 Å². The summed E-state index contributed by atoms with van der Waals surface area (Å²) in [4.78, 5) is 23.7. The van der Waals surface area contributed by atoms with Gasteiger partial charge < -0.3 is 14.2 Å². The molecule has 0 atom stereocenters. The Morgan fingerprint density at radius 3 is 2.55 bits per heavy atom. The summed E-state index contributed by atoms with van der Waals surface area (Å²) in [6.07, 6.45) is 1.11. The molecule has 0 bridgehead atoms. The maximum atomic E-state index is 12.2. The Kier molecular flexibility index (Phi) is 6.24. The van der Waals surface area contributed by atoms with E-state index in [-0.39, 0.29) is 18.1 Å². The lowest BCUT2D eigenvalue weighted by Gasteiger charge is -2.07. The summed E-state index contributed by atoms with van der Waals surface area (Å²) >= 11 is 3.28. The molecule has 1 aromatic rings. The van der Waals surface area contributed by atoms with Crippen LogP contribution in [-0.2, 0) is 14.3 Å². The zero-order valence-electron chi connectivity index (χ0n) is 11.4. The minimum Gasteiger partial charge on any atom is -0.497 e. The number of hydrogen-bond acceptors (Lipinski definition) is 5. The number of esters is 1. The third-order valence-corrected chi connectivity index (χ3v) is 3.08. The van der Waals surface area contributed by atoms with Gasteiger partial charge in [-0.2, -0.15) is 0 Å². The Morgan fingerprint density at radius 2 is 2.00 bits per heavy atom. The largest absolute Gasteiger partial charge is 0.497 e. The fourth-order valence-electron chi connectivity index (χ4n) is 1.43. The van der Waals surface area contributed by atoms with Crippen LogP contribution in [0.3, 0.4) is 0 Å². The molecule has 108 valence electrons. The number of carbonyl (C=O) groups excluding carboxylic acids is 2. The maximum absolute atomic E-state index is 12.2. The highest BCUT2D eigenvalue weighted by Crippen LogP contribution is 2.23. The van der Waals surface area contributed by atoms with E-state index in [2.05, 4.69) is 20.7 Å². The van der Waals surface area contributed by atoms with Crippen molar-refractivity contribution in [2.75, 3.05) is 20.8 Å². The van der Waals surface area contributed by atoms with Gasteiger partial charge in [-0.1, -0.05) is 15.9 Å². The monoisotopic (exact) mass is 342 g/mol. The second-order valence-electron chi connectivity index (χ2n) is 3.64. The molecule has 0 aliphatic carbocycles. The number of methoxy groups -OCH3 is 2. The van der Waals surface area contributed by atoms with E-state index >= 15 is 0 Å². The lowest BCUT2D eigenvalue weighted by atomic mass is 10.1. The van der Waals surface area contributed by atoms with E-state index in [4.69, 9.17) is 9.47 Å². The van der Waals surface area contributed by atoms with E-state index in [9.17, 15) is 9.59 Å². The van der Waals surface area contributed by atoms with E-state index in [0.717, 1.165) is 6.08 Å². The fraction of sp³-hybridized carbons (Fsp3) is 0.286. The Bertz CT molecular complexity index is 536. The molecule has 0 radical (unpaired) electrons. The lowest BCUT2D eigenvalue weighted by Crippen LogP contribution is -2.11. The molecular weight excluding hydrogens is 328 g/mol. The molecule has 0 saturated carbocycles. The highest BCUT2D eigenvalue weighted by molar-refractivity contribution is 9.10. The van der Waals surface area contributed by atoms with Gasteiger partial charge in [0.2, 0.25) is 5.76 Å². The molecule has 0 aliphatic rings. The van der Waals surface area contributed by atoms with Crippen molar-refractivity contribution in [1.29, 1.82) is 0 Å². The first-order valence-corrected chi connectivity index (χ1v) is 6.63. The minimum absolute atomic E-state index is 0.130. The number of benzene rings is 1. The van der Waals surface area contributed by atoms with Crippen molar-refractivity contribution in [3.05, 3.63) is 40.1 Å². The van der Waals surface area contributed by atoms with Gasteiger partial charge in [0, 0.05) is 16.1 Å². The highest BCUT2D eigenvalue weighted by Gasteiger charge is 2.16. The van der Waals surface area contributed by atoms with Crippen molar-refractivity contribution in [3.63, 3.8) is 0 Å². The van der Waals surface area contributed by atoms with Crippen LogP contribution < -0.4 is 4.74 Å². The first-order valence-electron chi connectivity index (χ1n) is 5.84. The van der Waals surface area contributed by atoms with Crippen LogP contribution in [0.1, 0.15) is 17.3 Å². The van der Waals surface area contributed by atoms with Crippen molar-refractivity contribution >= 4 is 27.7 Å². The van der Waals surface area contributed by atoms with Crippen LogP contribution in [0, 0.1) is 0 Å². The van der Waals surface area contributed by atoms with Gasteiger partial charge in [0.05, 0.1) is 20.8 Å². The SMILES string of the molecule is CCOC(=CC(=O)c1cc(OC)ccc1Br)C(=O)OC. The summed E-state index contributed by atoms with van der Waals surface area (Å²) in [5.74, 6) is -0.667. The smallest absolute Gasteiger partial charge is 0.373 e. The van der Waals surface area contributed by atoms with Crippen LogP contribution in [0.25, 0.3) is 0 Å². The van der Waals surface area contributed by atoms with Gasteiger partial charge in [0.15, 0.2) is 5.78 Å². The van der Waals surface area contributed by atoms with Crippen LogP contribution in [-0.4, -0.2) is 32.6 Å². The summed E-state index contributed by atoms with van der Waals surface area (Å²) in [7, 11) is 2.73. The van der Waals surface area contributed by atoms with E-state index in [1.54, 1.807) is 25.1 Å². The molecule has 5 nitrogen and oxygen atoms in total. The summed E-state index contributed by atoms with van der Waals surface area (Å²) in [6.45, 7) is 1.97. The Morgan fingerprint density at radius 1 is 1.30 bits per heavy atom. The first kappa shape index (κ1) is 16.2. The standard InChI is InChI=1S/C14H15BrO5/c1-4-20-13(14(17)19-3)8-12(16)10-7-9(18-2)5-6-11(10)15/h5-8H,4H2,1-3H3. The van der Waals surface area contributed by atoms with Gasteiger partial charge in [-0.25, -0.2) is 4.79 Å². The Hall–Kier alpha value is -1.82. The molecule has 0 spiro atoms. The van der Waals surface area contributed by atoms with Gasteiger partial charge in [0.25, 0.3) is 0 Å². The van der Waals surface area contributed by atoms with Crippen molar-refractivity contribution in [2.45, 2.75) is 6.92 Å². The topological polar surface area (TPSA) is 61.8 Å². The van der Waals surface area contributed by atoms with E-state index < -0.39 is 5.97 Å². The predicted octanol–water partition coefficient (Wildman–Crippen LogP) is 2.73. The third kappa shape index (κ3) is 4.09. The fourth-order valence-corrected chi connectivity index (χ4v) is 1.87. The average molecular weight is 343 g/mol. The molecule has 0 aromatic heterocycles. The first-order chi connectivity index (χ1) is 9.53. The number of rotatable bonds is 6. The quantitative estimate of drug-likeness (QED) is 0.344. The Balaban J connectivity index is 3.12. The van der Waals surface area contributed by atoms with Gasteiger partial charge in [-0.05, 0) is 25.1 Å². The highest BCUT2D eigenvalue weighted by atomic mass is 79.9. The number of hydrogen-bond donors (Lipinski definition) is 0. The van der Waals surface area contributed by atoms with Crippen LogP contribution in [0.2, 0.25) is 0 Å². The number of carbonyl (C=O) groups is 2. The van der Waals surface area contributed by atoms with Crippen molar-refractivity contribution in [3.8, 4) is 5.75 Å². The maximum Gasteiger partial charge on any atom is 0.373 e. The van der Waals surface area contributed by atoms with Gasteiger partial charge >= 0.3 is 5.97 Å². The third-order valence-electron chi connectivity index (χ3n) is 2.39. The minimum atomic E-state index is -0.695. The molecule has 0 aliphatic heterocycles. The number of halogens is 1. The number of ketones is 1. The van der Waals surface area contributed by atoms with Crippen LogP contribution >= 0.6 is 15.9 Å².